The maximum Gasteiger partial charge on any atom is 0.217 e. The summed E-state index contributed by atoms with van der Waals surface area (Å²) in [6.45, 7) is 2.16. The molecule has 0 saturated heterocycles. The normalized spacial score (nSPS) is 11.5. The van der Waals surface area contributed by atoms with Gasteiger partial charge in [-0.3, -0.25) is 4.40 Å². The van der Waals surface area contributed by atoms with Crippen molar-refractivity contribution in [2.24, 2.45) is 0 Å². The highest BCUT2D eigenvalue weighted by molar-refractivity contribution is 7.23. The molecule has 0 aliphatic carbocycles. The second-order valence-electron chi connectivity index (χ2n) is 3.24. The molecule has 70 valence electrons. The number of nitrogens with zero attached hydrogens (tertiary/aromatic N) is 3. The van der Waals surface area contributed by atoms with Gasteiger partial charge in [-0.25, -0.2) is 0 Å². The average Bonchev–Trinajstić information content (AvgIpc) is 2.76. The van der Waals surface area contributed by atoms with Crippen molar-refractivity contribution in [3.8, 4) is 0 Å². The molecule has 0 aliphatic rings. The summed E-state index contributed by atoms with van der Waals surface area (Å²) in [5.74, 6) is 0. The molecule has 2 aromatic heterocycles. The van der Waals surface area contributed by atoms with E-state index in [-0.39, 0.29) is 0 Å². The van der Waals surface area contributed by atoms with Crippen LogP contribution in [0.5, 0.6) is 0 Å². The van der Waals surface area contributed by atoms with E-state index in [1.165, 1.54) is 15.8 Å². The van der Waals surface area contributed by atoms with E-state index in [1.807, 2.05) is 4.40 Å². The summed E-state index contributed by atoms with van der Waals surface area (Å²) in [6.07, 6.45) is 2.84. The Hall–Kier alpha value is -1.42. The molecule has 0 N–H and O–H groups in total. The third-order valence-electron chi connectivity index (χ3n) is 2.41. The van der Waals surface area contributed by atoms with Crippen LogP contribution in [0.1, 0.15) is 12.5 Å². The molecule has 0 fully saturated rings. The lowest BCUT2D eigenvalue weighted by Gasteiger charge is -1.95. The molecule has 3 rings (SSSR count). The number of benzene rings is 1. The molecular weight excluding hydrogens is 194 g/mol. The van der Waals surface area contributed by atoms with Crippen LogP contribution in [0, 0.1) is 0 Å². The molecule has 0 spiro atoms. The van der Waals surface area contributed by atoms with Crippen LogP contribution >= 0.6 is 11.3 Å². The van der Waals surface area contributed by atoms with Crippen molar-refractivity contribution >= 4 is 26.5 Å². The lowest BCUT2D eigenvalue weighted by atomic mass is 10.2. The molecule has 1 aromatic carbocycles. The molecule has 3 nitrogen and oxygen atoms in total. The smallest absolute Gasteiger partial charge is 0.217 e. The minimum absolute atomic E-state index is 0.966. The van der Waals surface area contributed by atoms with E-state index >= 15 is 0 Å². The first kappa shape index (κ1) is 7.94. The molecule has 0 atom stereocenters. The molecule has 14 heavy (non-hydrogen) atoms. The van der Waals surface area contributed by atoms with Crippen molar-refractivity contribution in [2.75, 3.05) is 0 Å². The van der Waals surface area contributed by atoms with Gasteiger partial charge in [0.05, 0.1) is 10.2 Å². The Balaban J connectivity index is 2.46. The van der Waals surface area contributed by atoms with Gasteiger partial charge in [-0.2, -0.15) is 0 Å². The van der Waals surface area contributed by atoms with Crippen LogP contribution in [0.25, 0.3) is 15.2 Å². The zero-order valence-electron chi connectivity index (χ0n) is 7.77. The zero-order valence-corrected chi connectivity index (χ0v) is 8.58. The maximum atomic E-state index is 4.04. The number of hydrogen-bond donors (Lipinski definition) is 0. The van der Waals surface area contributed by atoms with Crippen molar-refractivity contribution in [1.82, 2.24) is 14.6 Å². The Morgan fingerprint density at radius 3 is 3.21 bits per heavy atom. The van der Waals surface area contributed by atoms with E-state index in [0.29, 0.717) is 0 Å². The molecular formula is C10H9N3S. The minimum Gasteiger partial charge on any atom is -0.272 e. The molecule has 0 radical (unpaired) electrons. The van der Waals surface area contributed by atoms with E-state index in [0.717, 1.165) is 11.4 Å². The predicted molar refractivity (Wildman–Crippen MR) is 57.7 cm³/mol. The van der Waals surface area contributed by atoms with Gasteiger partial charge in [0.1, 0.15) is 6.33 Å². The monoisotopic (exact) mass is 203 g/mol. The summed E-state index contributed by atoms with van der Waals surface area (Å²) >= 11 is 1.68. The van der Waals surface area contributed by atoms with E-state index in [9.17, 15) is 0 Å². The SMILES string of the molecule is CCc1ccc2sc3nncn3c2c1. The van der Waals surface area contributed by atoms with E-state index in [1.54, 1.807) is 17.7 Å². The zero-order chi connectivity index (χ0) is 9.54. The fourth-order valence-corrected chi connectivity index (χ4v) is 2.54. The summed E-state index contributed by atoms with van der Waals surface area (Å²) in [5, 5.41) is 7.93. The van der Waals surface area contributed by atoms with Gasteiger partial charge in [0.25, 0.3) is 0 Å². The Morgan fingerprint density at radius 2 is 2.36 bits per heavy atom. The van der Waals surface area contributed by atoms with Crippen molar-refractivity contribution in [2.45, 2.75) is 13.3 Å². The van der Waals surface area contributed by atoms with Gasteiger partial charge in [0, 0.05) is 0 Å². The highest BCUT2D eigenvalue weighted by Crippen LogP contribution is 2.25. The molecule has 0 bridgehead atoms. The number of thiazole rings is 1. The molecule has 3 aromatic rings. The standard InChI is InChI=1S/C10H9N3S/c1-2-7-3-4-9-8(5-7)13-6-11-12-10(13)14-9/h3-6H,2H2,1H3. The Labute approximate surface area is 85.0 Å². The van der Waals surface area contributed by atoms with Crippen molar-refractivity contribution < 1.29 is 0 Å². The fraction of sp³-hybridized carbons (Fsp3) is 0.200. The van der Waals surface area contributed by atoms with Crippen LogP contribution in [0.15, 0.2) is 24.5 Å². The summed E-state index contributed by atoms with van der Waals surface area (Å²) in [6, 6.07) is 6.54. The van der Waals surface area contributed by atoms with Crippen molar-refractivity contribution in [3.63, 3.8) is 0 Å². The number of fused-ring (bicyclic) bond motifs is 3. The summed E-state index contributed by atoms with van der Waals surface area (Å²) < 4.78 is 3.31. The second-order valence-corrected chi connectivity index (χ2v) is 4.25. The van der Waals surface area contributed by atoms with Gasteiger partial charge in [0.2, 0.25) is 4.96 Å². The number of rotatable bonds is 1. The van der Waals surface area contributed by atoms with Gasteiger partial charge in [-0.15, -0.1) is 10.2 Å². The highest BCUT2D eigenvalue weighted by atomic mass is 32.1. The largest absolute Gasteiger partial charge is 0.272 e. The first-order valence-electron chi connectivity index (χ1n) is 4.59. The first-order valence-corrected chi connectivity index (χ1v) is 5.41. The van der Waals surface area contributed by atoms with Crippen LogP contribution in [0.4, 0.5) is 0 Å². The van der Waals surface area contributed by atoms with Crippen molar-refractivity contribution in [3.05, 3.63) is 30.1 Å². The van der Waals surface area contributed by atoms with Crippen LogP contribution < -0.4 is 0 Å². The number of hydrogen-bond acceptors (Lipinski definition) is 3. The minimum atomic E-state index is 0.966. The third kappa shape index (κ3) is 0.974. The van der Waals surface area contributed by atoms with Gasteiger partial charge in [0.15, 0.2) is 0 Å². The van der Waals surface area contributed by atoms with Gasteiger partial charge < -0.3 is 0 Å². The first-order chi connectivity index (χ1) is 6.88. The average molecular weight is 203 g/mol. The van der Waals surface area contributed by atoms with Crippen LogP contribution in [-0.4, -0.2) is 14.6 Å². The van der Waals surface area contributed by atoms with E-state index < -0.39 is 0 Å². The van der Waals surface area contributed by atoms with Gasteiger partial charge in [-0.1, -0.05) is 24.3 Å². The van der Waals surface area contributed by atoms with E-state index in [2.05, 4.69) is 35.3 Å². The predicted octanol–water partition coefficient (Wildman–Crippen LogP) is 2.51. The lowest BCUT2D eigenvalue weighted by molar-refractivity contribution is 1.11. The second kappa shape index (κ2) is 2.78. The Bertz CT molecular complexity index is 593. The van der Waals surface area contributed by atoms with Crippen molar-refractivity contribution in [1.29, 1.82) is 0 Å². The van der Waals surface area contributed by atoms with Crippen LogP contribution in [0.3, 0.4) is 0 Å². The molecule has 2 heterocycles. The summed E-state index contributed by atoms with van der Waals surface area (Å²) in [5.41, 5.74) is 2.57. The Kier molecular flexibility index (Phi) is 1.58. The molecule has 4 heteroatoms. The Morgan fingerprint density at radius 1 is 1.43 bits per heavy atom. The van der Waals surface area contributed by atoms with Crippen LogP contribution in [-0.2, 0) is 6.42 Å². The van der Waals surface area contributed by atoms with Gasteiger partial charge in [-0.05, 0) is 24.1 Å². The number of aromatic nitrogens is 3. The van der Waals surface area contributed by atoms with E-state index in [4.69, 9.17) is 0 Å². The molecule has 0 unspecified atom stereocenters. The molecule has 0 aliphatic heterocycles. The summed E-state index contributed by atoms with van der Waals surface area (Å²) in [7, 11) is 0. The highest BCUT2D eigenvalue weighted by Gasteiger charge is 2.05. The maximum absolute atomic E-state index is 4.04. The number of aryl methyl sites for hydroxylation is 1. The van der Waals surface area contributed by atoms with Crippen LogP contribution in [0.2, 0.25) is 0 Å². The molecule has 0 saturated carbocycles. The fourth-order valence-electron chi connectivity index (χ4n) is 1.62. The lowest BCUT2D eigenvalue weighted by Crippen LogP contribution is -1.81. The quantitative estimate of drug-likeness (QED) is 0.608. The summed E-state index contributed by atoms with van der Waals surface area (Å²) in [4.78, 5) is 0.966. The topological polar surface area (TPSA) is 30.2 Å². The third-order valence-corrected chi connectivity index (χ3v) is 3.43. The molecule has 0 amide bonds. The van der Waals surface area contributed by atoms with Gasteiger partial charge >= 0.3 is 0 Å².